The van der Waals surface area contributed by atoms with Crippen molar-refractivity contribution >= 4 is 23.4 Å². The molecule has 0 heterocycles. The minimum atomic E-state index is -0.191. The van der Waals surface area contributed by atoms with Crippen LogP contribution in [0.25, 0.3) is 0 Å². The molecule has 1 aromatic carbocycles. The lowest BCUT2D eigenvalue weighted by molar-refractivity contribution is 0.0853. The first-order valence-corrected chi connectivity index (χ1v) is 6.47. The van der Waals surface area contributed by atoms with Crippen molar-refractivity contribution in [3.05, 3.63) is 29.8 Å². The van der Waals surface area contributed by atoms with Crippen molar-refractivity contribution in [2.75, 3.05) is 31.9 Å². The molecule has 2 N–H and O–H groups in total. The molecular formula is C13H20ClN3O. The van der Waals surface area contributed by atoms with Gasteiger partial charge in [-0.15, -0.1) is 0 Å². The predicted octanol–water partition coefficient (Wildman–Crippen LogP) is 2.21. The summed E-state index contributed by atoms with van der Waals surface area (Å²) in [4.78, 5) is 14.2. The number of rotatable bonds is 6. The number of nitrogen functional groups attached to an aromatic ring is 1. The molecule has 0 fully saturated rings. The van der Waals surface area contributed by atoms with E-state index in [1.165, 1.54) is 4.42 Å². The van der Waals surface area contributed by atoms with Gasteiger partial charge in [0.2, 0.25) is 0 Å². The van der Waals surface area contributed by atoms with Gasteiger partial charge < -0.3 is 10.6 Å². The van der Waals surface area contributed by atoms with Crippen LogP contribution >= 0.6 is 11.8 Å². The van der Waals surface area contributed by atoms with Gasteiger partial charge >= 0.3 is 0 Å². The summed E-state index contributed by atoms with van der Waals surface area (Å²) in [5.74, 6) is -0.191. The Morgan fingerprint density at radius 1 is 1.17 bits per heavy atom. The van der Waals surface area contributed by atoms with E-state index >= 15 is 0 Å². The molecule has 0 bridgehead atoms. The molecule has 0 atom stereocenters. The average Bonchev–Trinajstić information content (AvgIpc) is 2.39. The smallest absolute Gasteiger partial charge is 0.268 e. The Bertz CT molecular complexity index is 376. The van der Waals surface area contributed by atoms with Crippen LogP contribution < -0.4 is 5.73 Å². The van der Waals surface area contributed by atoms with Crippen molar-refractivity contribution in [2.24, 2.45) is 0 Å². The highest BCUT2D eigenvalue weighted by molar-refractivity contribution is 6.24. The molecule has 1 aromatic rings. The molecule has 18 heavy (non-hydrogen) atoms. The summed E-state index contributed by atoms with van der Waals surface area (Å²) < 4.78 is 1.23. The predicted molar refractivity (Wildman–Crippen MR) is 75.5 cm³/mol. The first-order valence-electron chi connectivity index (χ1n) is 6.14. The van der Waals surface area contributed by atoms with Gasteiger partial charge in [0.05, 0.1) is 6.54 Å². The van der Waals surface area contributed by atoms with Gasteiger partial charge in [0.1, 0.15) is 0 Å². The number of likely N-dealkylation sites (N-methyl/N-ethyl adjacent to an activating group) is 1. The lowest BCUT2D eigenvalue weighted by atomic mass is 10.2. The van der Waals surface area contributed by atoms with Gasteiger partial charge in [-0.1, -0.05) is 13.8 Å². The minimum absolute atomic E-state index is 0.191. The summed E-state index contributed by atoms with van der Waals surface area (Å²) in [5, 5.41) is 0. The number of nitrogens with zero attached hydrogens (tertiary/aromatic N) is 2. The van der Waals surface area contributed by atoms with Gasteiger partial charge in [-0.2, -0.15) is 0 Å². The molecule has 0 aliphatic heterocycles. The SMILES string of the molecule is CCN(CC)CCN(Cl)C(=O)c1ccc(N)cc1. The van der Waals surface area contributed by atoms with E-state index in [9.17, 15) is 4.79 Å². The zero-order valence-corrected chi connectivity index (χ0v) is 11.7. The van der Waals surface area contributed by atoms with Crippen molar-refractivity contribution in [3.8, 4) is 0 Å². The maximum Gasteiger partial charge on any atom is 0.268 e. The van der Waals surface area contributed by atoms with Crippen LogP contribution in [0.1, 0.15) is 24.2 Å². The number of carbonyl (C=O) groups is 1. The molecule has 0 aliphatic carbocycles. The Morgan fingerprint density at radius 3 is 2.22 bits per heavy atom. The fraction of sp³-hybridized carbons (Fsp3) is 0.462. The topological polar surface area (TPSA) is 49.6 Å². The van der Waals surface area contributed by atoms with Gasteiger partial charge in [-0.05, 0) is 37.4 Å². The Labute approximate surface area is 113 Å². The second-order valence-electron chi connectivity index (χ2n) is 4.04. The van der Waals surface area contributed by atoms with Crippen LogP contribution in [0.2, 0.25) is 0 Å². The maximum atomic E-state index is 12.0. The number of anilines is 1. The van der Waals surface area contributed by atoms with Crippen molar-refractivity contribution < 1.29 is 4.79 Å². The largest absolute Gasteiger partial charge is 0.399 e. The minimum Gasteiger partial charge on any atom is -0.399 e. The highest BCUT2D eigenvalue weighted by atomic mass is 35.5. The molecule has 0 radical (unpaired) electrons. The van der Waals surface area contributed by atoms with E-state index in [0.717, 1.165) is 19.6 Å². The Hall–Kier alpha value is -1.26. The molecule has 0 unspecified atom stereocenters. The fourth-order valence-electron chi connectivity index (χ4n) is 1.64. The van der Waals surface area contributed by atoms with Crippen molar-refractivity contribution in [2.45, 2.75) is 13.8 Å². The molecule has 0 saturated heterocycles. The van der Waals surface area contributed by atoms with Gasteiger partial charge in [0.25, 0.3) is 5.91 Å². The zero-order chi connectivity index (χ0) is 13.5. The number of halogens is 1. The van der Waals surface area contributed by atoms with Gasteiger partial charge in [0, 0.05) is 29.6 Å². The number of amides is 1. The molecule has 0 aromatic heterocycles. The Kier molecular flexibility index (Phi) is 5.95. The molecule has 0 aliphatic rings. The summed E-state index contributed by atoms with van der Waals surface area (Å²) in [7, 11) is 0. The molecule has 0 saturated carbocycles. The van der Waals surface area contributed by atoms with E-state index in [2.05, 4.69) is 18.7 Å². The van der Waals surface area contributed by atoms with Crippen LogP contribution in [-0.2, 0) is 0 Å². The summed E-state index contributed by atoms with van der Waals surface area (Å²) in [5.41, 5.74) is 6.76. The van der Waals surface area contributed by atoms with Crippen molar-refractivity contribution in [1.82, 2.24) is 9.32 Å². The fourth-order valence-corrected chi connectivity index (χ4v) is 1.81. The summed E-state index contributed by atoms with van der Waals surface area (Å²) in [6, 6.07) is 6.76. The zero-order valence-electron chi connectivity index (χ0n) is 10.9. The van der Waals surface area contributed by atoms with Gasteiger partial charge in [-0.25, -0.2) is 4.42 Å². The van der Waals surface area contributed by atoms with Crippen LogP contribution in [0.15, 0.2) is 24.3 Å². The Morgan fingerprint density at radius 2 is 1.72 bits per heavy atom. The van der Waals surface area contributed by atoms with Crippen LogP contribution in [0.5, 0.6) is 0 Å². The number of nitrogens with two attached hydrogens (primary N) is 1. The van der Waals surface area contributed by atoms with E-state index in [0.29, 0.717) is 17.8 Å². The number of benzene rings is 1. The number of carbonyl (C=O) groups excluding carboxylic acids is 1. The van der Waals surface area contributed by atoms with E-state index in [1.807, 2.05) is 0 Å². The normalized spacial score (nSPS) is 10.7. The third kappa shape index (κ3) is 4.20. The van der Waals surface area contributed by atoms with E-state index in [-0.39, 0.29) is 5.91 Å². The molecule has 4 nitrogen and oxygen atoms in total. The lowest BCUT2D eigenvalue weighted by Crippen LogP contribution is -2.33. The quantitative estimate of drug-likeness (QED) is 0.636. The molecule has 1 rings (SSSR count). The molecular weight excluding hydrogens is 250 g/mol. The number of hydrogen-bond acceptors (Lipinski definition) is 3. The van der Waals surface area contributed by atoms with E-state index in [1.54, 1.807) is 24.3 Å². The van der Waals surface area contributed by atoms with Crippen molar-refractivity contribution in [3.63, 3.8) is 0 Å². The first kappa shape index (κ1) is 14.8. The lowest BCUT2D eigenvalue weighted by Gasteiger charge is -2.21. The third-order valence-electron chi connectivity index (χ3n) is 2.88. The molecule has 1 amide bonds. The van der Waals surface area contributed by atoms with Crippen LogP contribution in [0.3, 0.4) is 0 Å². The number of hydrogen-bond donors (Lipinski definition) is 1. The van der Waals surface area contributed by atoms with Gasteiger partial charge in [-0.3, -0.25) is 4.79 Å². The molecule has 0 spiro atoms. The monoisotopic (exact) mass is 269 g/mol. The standard InChI is InChI=1S/C13H20ClN3O/c1-3-16(4-2)9-10-17(14)13(18)11-5-7-12(15)8-6-11/h5-8H,3-4,9-10,15H2,1-2H3. The molecule has 5 heteroatoms. The maximum absolute atomic E-state index is 12.0. The summed E-state index contributed by atoms with van der Waals surface area (Å²) >= 11 is 5.99. The Balaban J connectivity index is 2.53. The molecule has 100 valence electrons. The van der Waals surface area contributed by atoms with Crippen LogP contribution in [-0.4, -0.2) is 41.4 Å². The van der Waals surface area contributed by atoms with E-state index in [4.69, 9.17) is 17.5 Å². The van der Waals surface area contributed by atoms with Gasteiger partial charge in [0.15, 0.2) is 0 Å². The van der Waals surface area contributed by atoms with E-state index < -0.39 is 0 Å². The van der Waals surface area contributed by atoms with Crippen molar-refractivity contribution in [1.29, 1.82) is 0 Å². The second-order valence-corrected chi connectivity index (χ2v) is 4.45. The highest BCUT2D eigenvalue weighted by Gasteiger charge is 2.14. The van der Waals surface area contributed by atoms with Crippen LogP contribution in [0.4, 0.5) is 5.69 Å². The average molecular weight is 270 g/mol. The first-order chi connectivity index (χ1) is 8.58. The highest BCUT2D eigenvalue weighted by Crippen LogP contribution is 2.10. The second kappa shape index (κ2) is 7.24. The van der Waals surface area contributed by atoms with Crippen LogP contribution in [0, 0.1) is 0 Å². The summed E-state index contributed by atoms with van der Waals surface area (Å²) in [6.45, 7) is 7.37. The third-order valence-corrected chi connectivity index (χ3v) is 3.21. The summed E-state index contributed by atoms with van der Waals surface area (Å²) in [6.07, 6.45) is 0.